The van der Waals surface area contributed by atoms with Gasteiger partial charge in [-0.2, -0.15) is 0 Å². The monoisotopic (exact) mass is 345 g/mol. The minimum atomic E-state index is -0.227. The van der Waals surface area contributed by atoms with Gasteiger partial charge in [0, 0.05) is 5.39 Å². The van der Waals surface area contributed by atoms with Crippen molar-refractivity contribution in [1.82, 2.24) is 5.32 Å². The van der Waals surface area contributed by atoms with Gasteiger partial charge in [-0.25, -0.2) is 0 Å². The van der Waals surface area contributed by atoms with Gasteiger partial charge in [-0.05, 0) is 42.0 Å². The third-order valence-electron chi connectivity index (χ3n) is 4.34. The van der Waals surface area contributed by atoms with E-state index in [2.05, 4.69) is 5.32 Å². The molecular weight excluding hydrogens is 326 g/mol. The van der Waals surface area contributed by atoms with Crippen molar-refractivity contribution in [1.29, 1.82) is 0 Å². The van der Waals surface area contributed by atoms with Crippen LogP contribution in [0.15, 0.2) is 77.2 Å². The van der Waals surface area contributed by atoms with E-state index in [1.807, 2.05) is 79.7 Å². The van der Waals surface area contributed by atoms with Gasteiger partial charge in [0.05, 0.1) is 6.04 Å². The smallest absolute Gasteiger partial charge is 0.258 e. The second-order valence-electron chi connectivity index (χ2n) is 6.27. The summed E-state index contributed by atoms with van der Waals surface area (Å²) in [4.78, 5) is 12.2. The number of furan rings is 1. The highest BCUT2D eigenvalue weighted by Crippen LogP contribution is 2.24. The Balaban J connectivity index is 1.38. The fourth-order valence-corrected chi connectivity index (χ4v) is 2.98. The molecule has 4 aromatic rings. The molecule has 0 fully saturated rings. The van der Waals surface area contributed by atoms with Crippen LogP contribution < -0.4 is 10.1 Å². The van der Waals surface area contributed by atoms with Crippen LogP contribution in [-0.2, 0) is 4.79 Å². The number of carbonyl (C=O) groups is 1. The molecule has 130 valence electrons. The van der Waals surface area contributed by atoms with E-state index in [0.29, 0.717) is 5.75 Å². The van der Waals surface area contributed by atoms with Gasteiger partial charge in [-0.1, -0.05) is 48.5 Å². The number of nitrogens with one attached hydrogen (secondary N) is 1. The average Bonchev–Trinajstić information content (AvgIpc) is 3.10. The van der Waals surface area contributed by atoms with Crippen LogP contribution in [0.4, 0.5) is 0 Å². The van der Waals surface area contributed by atoms with Gasteiger partial charge in [0.1, 0.15) is 17.1 Å². The van der Waals surface area contributed by atoms with Gasteiger partial charge in [0.15, 0.2) is 6.61 Å². The Morgan fingerprint density at radius 1 is 0.962 bits per heavy atom. The van der Waals surface area contributed by atoms with Crippen LogP contribution in [0.2, 0.25) is 0 Å². The van der Waals surface area contributed by atoms with Crippen molar-refractivity contribution >= 4 is 27.6 Å². The van der Waals surface area contributed by atoms with Crippen LogP contribution in [0.25, 0.3) is 21.7 Å². The molecule has 0 aliphatic rings. The first-order valence-corrected chi connectivity index (χ1v) is 8.58. The highest BCUT2D eigenvalue weighted by atomic mass is 16.5. The van der Waals surface area contributed by atoms with Gasteiger partial charge >= 0.3 is 0 Å². The molecule has 4 heteroatoms. The van der Waals surface area contributed by atoms with E-state index in [0.717, 1.165) is 27.5 Å². The van der Waals surface area contributed by atoms with E-state index in [4.69, 9.17) is 9.15 Å². The SMILES string of the molecule is CC(NC(=O)COc1ccc2ccccc2c1)c1cc2ccccc2o1. The maximum atomic E-state index is 12.2. The van der Waals surface area contributed by atoms with E-state index < -0.39 is 0 Å². The van der Waals surface area contributed by atoms with Crippen molar-refractivity contribution in [2.24, 2.45) is 0 Å². The molecule has 1 heterocycles. The molecule has 0 saturated carbocycles. The quantitative estimate of drug-likeness (QED) is 0.563. The summed E-state index contributed by atoms with van der Waals surface area (Å²) in [5.41, 5.74) is 0.816. The first-order valence-electron chi connectivity index (χ1n) is 8.58. The number of ether oxygens (including phenoxy) is 1. The summed E-state index contributed by atoms with van der Waals surface area (Å²) in [7, 11) is 0. The molecule has 4 rings (SSSR count). The van der Waals surface area contributed by atoms with Gasteiger partial charge in [0.25, 0.3) is 5.91 Å². The summed E-state index contributed by atoms with van der Waals surface area (Å²) in [5, 5.41) is 6.16. The lowest BCUT2D eigenvalue weighted by Crippen LogP contribution is -2.31. The van der Waals surface area contributed by atoms with Gasteiger partial charge in [-0.15, -0.1) is 0 Å². The van der Waals surface area contributed by atoms with E-state index >= 15 is 0 Å². The van der Waals surface area contributed by atoms with Crippen molar-refractivity contribution < 1.29 is 13.9 Å². The molecule has 1 N–H and O–H groups in total. The number of amides is 1. The Morgan fingerprint density at radius 3 is 2.50 bits per heavy atom. The lowest BCUT2D eigenvalue weighted by atomic mass is 10.1. The van der Waals surface area contributed by atoms with Gasteiger partial charge in [-0.3, -0.25) is 4.79 Å². The van der Waals surface area contributed by atoms with Crippen molar-refractivity contribution in [2.45, 2.75) is 13.0 Å². The third-order valence-corrected chi connectivity index (χ3v) is 4.34. The number of carbonyl (C=O) groups excluding carboxylic acids is 1. The highest BCUT2D eigenvalue weighted by molar-refractivity contribution is 5.84. The Bertz CT molecular complexity index is 1030. The van der Waals surface area contributed by atoms with E-state index in [9.17, 15) is 4.79 Å². The maximum absolute atomic E-state index is 12.2. The Kier molecular flexibility index (Phi) is 4.32. The van der Waals surface area contributed by atoms with Crippen molar-refractivity contribution in [2.75, 3.05) is 6.61 Å². The normalized spacial score (nSPS) is 12.2. The molecule has 3 aromatic carbocycles. The largest absolute Gasteiger partial charge is 0.484 e. The second kappa shape index (κ2) is 6.92. The average molecular weight is 345 g/mol. The summed E-state index contributed by atoms with van der Waals surface area (Å²) >= 11 is 0. The second-order valence-corrected chi connectivity index (χ2v) is 6.27. The molecule has 0 aliphatic heterocycles. The first kappa shape index (κ1) is 16.2. The fourth-order valence-electron chi connectivity index (χ4n) is 2.98. The van der Waals surface area contributed by atoms with Crippen LogP contribution in [0.1, 0.15) is 18.7 Å². The Morgan fingerprint density at radius 2 is 1.69 bits per heavy atom. The molecule has 1 aromatic heterocycles. The number of benzene rings is 3. The topological polar surface area (TPSA) is 51.5 Å². The third kappa shape index (κ3) is 3.40. The Labute approximate surface area is 151 Å². The van der Waals surface area contributed by atoms with E-state index in [-0.39, 0.29) is 18.6 Å². The predicted octanol–water partition coefficient (Wildman–Crippen LogP) is 4.84. The molecular formula is C22H19NO3. The zero-order chi connectivity index (χ0) is 17.9. The highest BCUT2D eigenvalue weighted by Gasteiger charge is 2.14. The van der Waals surface area contributed by atoms with Crippen LogP contribution in [0.3, 0.4) is 0 Å². The van der Waals surface area contributed by atoms with Crippen LogP contribution in [-0.4, -0.2) is 12.5 Å². The summed E-state index contributed by atoms with van der Waals surface area (Å²) in [6.45, 7) is 1.86. The van der Waals surface area contributed by atoms with Gasteiger partial charge < -0.3 is 14.5 Å². The Hall–Kier alpha value is -3.27. The van der Waals surface area contributed by atoms with Gasteiger partial charge in [0.2, 0.25) is 0 Å². The van der Waals surface area contributed by atoms with Crippen LogP contribution in [0.5, 0.6) is 5.75 Å². The van der Waals surface area contributed by atoms with E-state index in [1.54, 1.807) is 0 Å². The number of hydrogen-bond donors (Lipinski definition) is 1. The maximum Gasteiger partial charge on any atom is 0.258 e. The molecule has 0 saturated heterocycles. The molecule has 1 amide bonds. The fraction of sp³-hybridized carbons (Fsp3) is 0.136. The van der Waals surface area contributed by atoms with Crippen LogP contribution >= 0.6 is 0 Å². The summed E-state index contributed by atoms with van der Waals surface area (Å²) in [6.07, 6.45) is 0. The van der Waals surface area contributed by atoms with Crippen LogP contribution in [0, 0.1) is 0 Å². The molecule has 26 heavy (non-hydrogen) atoms. The predicted molar refractivity (Wildman–Crippen MR) is 102 cm³/mol. The number of para-hydroxylation sites is 1. The molecule has 4 nitrogen and oxygen atoms in total. The summed E-state index contributed by atoms with van der Waals surface area (Å²) in [5.74, 6) is 1.21. The zero-order valence-electron chi connectivity index (χ0n) is 14.4. The molecule has 0 spiro atoms. The number of hydrogen-bond acceptors (Lipinski definition) is 3. The van der Waals surface area contributed by atoms with Crippen molar-refractivity contribution in [3.8, 4) is 5.75 Å². The lowest BCUT2D eigenvalue weighted by Gasteiger charge is -2.12. The summed E-state index contributed by atoms with van der Waals surface area (Å²) in [6, 6.07) is 23.3. The standard InChI is InChI=1S/C22H19NO3/c1-15(21-13-18-8-4-5-9-20(18)26-21)23-22(24)14-25-19-11-10-16-6-2-3-7-17(16)12-19/h2-13,15H,14H2,1H3,(H,23,24). The minimum Gasteiger partial charge on any atom is -0.484 e. The molecule has 1 unspecified atom stereocenters. The minimum absolute atomic E-state index is 0.0388. The molecule has 0 aliphatic carbocycles. The zero-order valence-corrected chi connectivity index (χ0v) is 14.4. The molecule has 0 bridgehead atoms. The molecule has 1 atom stereocenters. The van der Waals surface area contributed by atoms with Crippen molar-refractivity contribution in [3.05, 3.63) is 78.6 Å². The lowest BCUT2D eigenvalue weighted by molar-refractivity contribution is -0.123. The number of fused-ring (bicyclic) bond motifs is 2. The first-order chi connectivity index (χ1) is 12.7. The van der Waals surface area contributed by atoms with Crippen molar-refractivity contribution in [3.63, 3.8) is 0 Å². The molecule has 0 radical (unpaired) electrons. The number of rotatable bonds is 5. The summed E-state index contributed by atoms with van der Waals surface area (Å²) < 4.78 is 11.4. The van der Waals surface area contributed by atoms with E-state index in [1.165, 1.54) is 0 Å².